The summed E-state index contributed by atoms with van der Waals surface area (Å²) < 4.78 is 5.81. The molecule has 0 saturated carbocycles. The number of amides is 1. The number of anilines is 1. The molecule has 3 aromatic rings. The van der Waals surface area contributed by atoms with Gasteiger partial charge in [0.05, 0.1) is 5.56 Å². The van der Waals surface area contributed by atoms with E-state index in [1.165, 1.54) is 0 Å². The molecule has 23 heavy (non-hydrogen) atoms. The Bertz CT molecular complexity index is 818. The number of nitrogens with one attached hydrogen (secondary N) is 1. The highest BCUT2D eigenvalue weighted by molar-refractivity contribution is 6.31. The minimum Gasteiger partial charge on any atom is -0.457 e. The SMILES string of the molecule is O=C(Nc1cccc(Cl)c1)c1ccccc1Oc1ccccc1. The van der Waals surface area contributed by atoms with E-state index >= 15 is 0 Å². The van der Waals surface area contributed by atoms with Crippen LogP contribution in [0.15, 0.2) is 78.9 Å². The zero-order valence-corrected chi connectivity index (χ0v) is 13.0. The molecule has 1 amide bonds. The van der Waals surface area contributed by atoms with Crippen molar-refractivity contribution >= 4 is 23.2 Å². The lowest BCUT2D eigenvalue weighted by Gasteiger charge is -2.11. The molecule has 1 N–H and O–H groups in total. The van der Waals surface area contributed by atoms with Gasteiger partial charge in [-0.3, -0.25) is 4.79 Å². The van der Waals surface area contributed by atoms with Crippen LogP contribution in [0, 0.1) is 0 Å². The average Bonchev–Trinajstić information content (AvgIpc) is 2.56. The van der Waals surface area contributed by atoms with Crippen LogP contribution in [0.3, 0.4) is 0 Å². The van der Waals surface area contributed by atoms with Gasteiger partial charge >= 0.3 is 0 Å². The molecule has 0 heterocycles. The van der Waals surface area contributed by atoms with Crippen molar-refractivity contribution in [1.29, 1.82) is 0 Å². The molecule has 0 aliphatic heterocycles. The van der Waals surface area contributed by atoms with Crippen LogP contribution < -0.4 is 10.1 Å². The lowest BCUT2D eigenvalue weighted by Crippen LogP contribution is -2.12. The van der Waals surface area contributed by atoms with Crippen molar-refractivity contribution in [1.82, 2.24) is 0 Å². The van der Waals surface area contributed by atoms with E-state index in [-0.39, 0.29) is 5.91 Å². The smallest absolute Gasteiger partial charge is 0.259 e. The molecule has 0 aliphatic rings. The fraction of sp³-hybridized carbons (Fsp3) is 0. The van der Waals surface area contributed by atoms with Gasteiger partial charge in [0.1, 0.15) is 11.5 Å². The molecule has 0 bridgehead atoms. The Balaban J connectivity index is 1.83. The van der Waals surface area contributed by atoms with Crippen LogP contribution in [-0.4, -0.2) is 5.91 Å². The lowest BCUT2D eigenvalue weighted by atomic mass is 10.2. The second-order valence-corrected chi connectivity index (χ2v) is 5.31. The van der Waals surface area contributed by atoms with Gasteiger partial charge in [0.15, 0.2) is 0 Å². The molecule has 3 aromatic carbocycles. The quantitative estimate of drug-likeness (QED) is 0.699. The summed E-state index contributed by atoms with van der Waals surface area (Å²) in [5, 5.41) is 3.39. The van der Waals surface area contributed by atoms with E-state index in [9.17, 15) is 4.79 Å². The fourth-order valence-electron chi connectivity index (χ4n) is 2.12. The summed E-state index contributed by atoms with van der Waals surface area (Å²) >= 11 is 5.94. The Hall–Kier alpha value is -2.78. The molecule has 4 heteroatoms. The summed E-state index contributed by atoms with van der Waals surface area (Å²) in [6.45, 7) is 0. The Morgan fingerprint density at radius 1 is 0.870 bits per heavy atom. The minimum atomic E-state index is -0.251. The third-order valence-electron chi connectivity index (χ3n) is 3.19. The topological polar surface area (TPSA) is 38.3 Å². The molecule has 0 aliphatic carbocycles. The molecular formula is C19H14ClNO2. The third kappa shape index (κ3) is 3.90. The largest absolute Gasteiger partial charge is 0.457 e. The molecule has 3 nitrogen and oxygen atoms in total. The number of hydrogen-bond donors (Lipinski definition) is 1. The predicted octanol–water partition coefficient (Wildman–Crippen LogP) is 5.38. The molecule has 0 radical (unpaired) electrons. The van der Waals surface area contributed by atoms with Crippen LogP contribution in [0.4, 0.5) is 5.69 Å². The molecule has 0 unspecified atom stereocenters. The summed E-state index contributed by atoms with van der Waals surface area (Å²) in [4.78, 5) is 12.5. The van der Waals surface area contributed by atoms with E-state index in [1.54, 1.807) is 42.5 Å². The normalized spacial score (nSPS) is 10.1. The highest BCUT2D eigenvalue weighted by atomic mass is 35.5. The highest BCUT2D eigenvalue weighted by Crippen LogP contribution is 2.26. The number of carbonyl (C=O) groups is 1. The maximum Gasteiger partial charge on any atom is 0.259 e. The van der Waals surface area contributed by atoms with Gasteiger partial charge < -0.3 is 10.1 Å². The van der Waals surface area contributed by atoms with Crippen molar-refractivity contribution in [3.05, 3.63) is 89.4 Å². The molecular weight excluding hydrogens is 310 g/mol. The van der Waals surface area contributed by atoms with E-state index in [1.807, 2.05) is 36.4 Å². The standard InChI is InChI=1S/C19H14ClNO2/c20-14-7-6-8-15(13-14)21-19(22)17-11-4-5-12-18(17)23-16-9-2-1-3-10-16/h1-13H,(H,21,22). The number of ether oxygens (including phenoxy) is 1. The van der Waals surface area contributed by atoms with Crippen molar-refractivity contribution in [2.45, 2.75) is 0 Å². The molecule has 0 atom stereocenters. The molecule has 114 valence electrons. The fourth-order valence-corrected chi connectivity index (χ4v) is 2.31. The summed E-state index contributed by atoms with van der Waals surface area (Å²) in [7, 11) is 0. The Labute approximate surface area is 139 Å². The zero-order chi connectivity index (χ0) is 16.1. The first-order chi connectivity index (χ1) is 11.2. The van der Waals surface area contributed by atoms with Gasteiger partial charge in [-0.05, 0) is 42.5 Å². The van der Waals surface area contributed by atoms with Crippen LogP contribution in [0.1, 0.15) is 10.4 Å². The molecule has 0 saturated heterocycles. The Morgan fingerprint density at radius 3 is 2.39 bits per heavy atom. The lowest BCUT2D eigenvalue weighted by molar-refractivity contribution is 0.102. The predicted molar refractivity (Wildman–Crippen MR) is 92.4 cm³/mol. The van der Waals surface area contributed by atoms with E-state index in [0.717, 1.165) is 0 Å². The molecule has 0 spiro atoms. The van der Waals surface area contributed by atoms with Crippen LogP contribution in [0.25, 0.3) is 0 Å². The highest BCUT2D eigenvalue weighted by Gasteiger charge is 2.13. The van der Waals surface area contributed by atoms with Gasteiger partial charge in [-0.15, -0.1) is 0 Å². The maximum absolute atomic E-state index is 12.5. The molecule has 0 aromatic heterocycles. The first kappa shape index (κ1) is 15.1. The van der Waals surface area contributed by atoms with Gasteiger partial charge in [-0.25, -0.2) is 0 Å². The number of rotatable bonds is 4. The van der Waals surface area contributed by atoms with Crippen LogP contribution in [0.2, 0.25) is 5.02 Å². The maximum atomic E-state index is 12.5. The number of benzene rings is 3. The van der Waals surface area contributed by atoms with Gasteiger partial charge in [-0.1, -0.05) is 48.0 Å². The second-order valence-electron chi connectivity index (χ2n) is 4.88. The number of carbonyl (C=O) groups excluding carboxylic acids is 1. The van der Waals surface area contributed by atoms with Crippen LogP contribution in [-0.2, 0) is 0 Å². The summed E-state index contributed by atoms with van der Waals surface area (Å²) in [5.41, 5.74) is 1.09. The van der Waals surface area contributed by atoms with E-state index in [4.69, 9.17) is 16.3 Å². The summed E-state index contributed by atoms with van der Waals surface area (Å²) in [5.74, 6) is 0.924. The molecule has 0 fully saturated rings. The van der Waals surface area contributed by atoms with Gasteiger partial charge in [0.25, 0.3) is 5.91 Å². The van der Waals surface area contributed by atoms with Gasteiger partial charge in [0, 0.05) is 10.7 Å². The third-order valence-corrected chi connectivity index (χ3v) is 3.42. The van der Waals surface area contributed by atoms with Gasteiger partial charge in [-0.2, -0.15) is 0 Å². The summed E-state index contributed by atoms with van der Waals surface area (Å²) in [6, 6.07) is 23.5. The summed E-state index contributed by atoms with van der Waals surface area (Å²) in [6.07, 6.45) is 0. The zero-order valence-electron chi connectivity index (χ0n) is 12.2. The van der Waals surface area contributed by atoms with Crippen LogP contribution >= 0.6 is 11.6 Å². The molecule has 3 rings (SSSR count). The number of hydrogen-bond acceptors (Lipinski definition) is 2. The first-order valence-electron chi connectivity index (χ1n) is 7.11. The first-order valence-corrected chi connectivity index (χ1v) is 7.49. The van der Waals surface area contributed by atoms with Crippen molar-refractivity contribution in [3.63, 3.8) is 0 Å². The van der Waals surface area contributed by atoms with Crippen molar-refractivity contribution in [3.8, 4) is 11.5 Å². The average molecular weight is 324 g/mol. The van der Waals surface area contributed by atoms with E-state index < -0.39 is 0 Å². The Morgan fingerprint density at radius 2 is 1.61 bits per heavy atom. The Kier molecular flexibility index (Phi) is 4.60. The monoisotopic (exact) mass is 323 g/mol. The van der Waals surface area contributed by atoms with Gasteiger partial charge in [0.2, 0.25) is 0 Å². The number of halogens is 1. The van der Waals surface area contributed by atoms with E-state index in [2.05, 4.69) is 5.32 Å². The number of para-hydroxylation sites is 2. The second kappa shape index (κ2) is 6.99. The van der Waals surface area contributed by atoms with Crippen molar-refractivity contribution < 1.29 is 9.53 Å². The van der Waals surface area contributed by atoms with Crippen molar-refractivity contribution in [2.24, 2.45) is 0 Å². The van der Waals surface area contributed by atoms with Crippen LogP contribution in [0.5, 0.6) is 11.5 Å². The minimum absolute atomic E-state index is 0.251. The van der Waals surface area contributed by atoms with E-state index in [0.29, 0.717) is 27.8 Å². The van der Waals surface area contributed by atoms with Crippen molar-refractivity contribution in [2.75, 3.05) is 5.32 Å².